The van der Waals surface area contributed by atoms with E-state index in [9.17, 15) is 9.59 Å². The molecule has 2 rings (SSSR count). The lowest BCUT2D eigenvalue weighted by Crippen LogP contribution is -2.32. The van der Waals surface area contributed by atoms with E-state index < -0.39 is 14.4 Å². The van der Waals surface area contributed by atoms with Crippen molar-refractivity contribution in [3.8, 4) is 5.75 Å². The molecule has 0 radical (unpaired) electrons. The van der Waals surface area contributed by atoms with Crippen LogP contribution in [0.25, 0.3) is 0 Å². The first-order valence-corrected chi connectivity index (χ1v) is 6.46. The van der Waals surface area contributed by atoms with Gasteiger partial charge in [-0.05, 0) is 29.7 Å². The van der Waals surface area contributed by atoms with Gasteiger partial charge in [0.15, 0.2) is 0 Å². The largest absolute Gasteiger partial charge is 0.707 e. The third-order valence-electron chi connectivity index (χ3n) is 2.66. The van der Waals surface area contributed by atoms with Crippen LogP contribution in [-0.2, 0) is 0 Å². The second-order valence-electron chi connectivity index (χ2n) is 4.25. The highest BCUT2D eigenvalue weighted by Crippen LogP contribution is 2.10. The van der Waals surface area contributed by atoms with Gasteiger partial charge in [0, 0.05) is 11.1 Å². The molecule has 0 aromatic heterocycles. The van der Waals surface area contributed by atoms with Crippen LogP contribution in [0.2, 0.25) is 0 Å². The summed E-state index contributed by atoms with van der Waals surface area (Å²) in [5, 5.41) is 34.3. The van der Waals surface area contributed by atoms with Crippen molar-refractivity contribution in [1.82, 2.24) is 0 Å². The molecule has 0 spiro atoms. The fraction of sp³-hybridized carbons (Fsp3) is 0. The van der Waals surface area contributed by atoms with E-state index in [1.165, 1.54) is 36.4 Å². The Bertz CT molecular complexity index is 629. The number of benzene rings is 2. The first-order valence-electron chi connectivity index (χ1n) is 6.46. The molecule has 7 nitrogen and oxygen atoms in total. The minimum absolute atomic E-state index is 0.238. The Hall–Kier alpha value is -2.45. The average molecular weight is 316 g/mol. The second-order valence-corrected chi connectivity index (χ2v) is 4.25. The maximum atomic E-state index is 10.3. The molecule has 4 N–H and O–H groups in total. The van der Waals surface area contributed by atoms with Crippen LogP contribution in [0.5, 0.6) is 5.75 Å². The Kier molecular flexibility index (Phi) is 7.72. The van der Waals surface area contributed by atoms with Crippen molar-refractivity contribution in [2.75, 3.05) is 0 Å². The van der Waals surface area contributed by atoms with Crippen molar-refractivity contribution in [3.05, 3.63) is 59.7 Å². The van der Waals surface area contributed by atoms with Gasteiger partial charge in [0.05, 0.1) is 0 Å². The zero-order valence-corrected chi connectivity index (χ0v) is 11.9. The smallest absolute Gasteiger partial charge is 0.512 e. The topological polar surface area (TPSA) is 124 Å². The van der Waals surface area contributed by atoms with Crippen molar-refractivity contribution in [1.29, 1.82) is 0 Å². The molecule has 0 unspecified atom stereocenters. The predicted octanol–water partition coefficient (Wildman–Crippen LogP) is -0.974. The van der Waals surface area contributed by atoms with Crippen molar-refractivity contribution in [2.45, 2.75) is 0 Å². The Morgan fingerprint density at radius 3 is 1.87 bits per heavy atom. The molecule has 0 heterocycles. The monoisotopic (exact) mass is 316 g/mol. The minimum Gasteiger partial charge on any atom is -0.512 e. The van der Waals surface area contributed by atoms with E-state index in [1.807, 2.05) is 0 Å². The van der Waals surface area contributed by atoms with Crippen LogP contribution in [-0.4, -0.2) is 47.1 Å². The van der Waals surface area contributed by atoms with Crippen LogP contribution in [0.1, 0.15) is 20.7 Å². The Morgan fingerprint density at radius 2 is 1.43 bits per heavy atom. The molecule has 0 atom stereocenters. The van der Waals surface area contributed by atoms with E-state index >= 15 is 0 Å². The summed E-state index contributed by atoms with van der Waals surface area (Å²) in [6, 6.07) is 12.3. The van der Waals surface area contributed by atoms with Gasteiger partial charge in [0.1, 0.15) is 18.3 Å². The van der Waals surface area contributed by atoms with Gasteiger partial charge in [0.2, 0.25) is 0 Å². The highest BCUT2D eigenvalue weighted by molar-refractivity contribution is 6.60. The third kappa shape index (κ3) is 6.45. The lowest BCUT2D eigenvalue weighted by molar-refractivity contribution is 0.111. The third-order valence-corrected chi connectivity index (χ3v) is 2.66. The van der Waals surface area contributed by atoms with Gasteiger partial charge in [-0.3, -0.25) is 9.59 Å². The Balaban J connectivity index is 0.000000231. The van der Waals surface area contributed by atoms with Crippen LogP contribution in [0.15, 0.2) is 48.5 Å². The number of carbonyl (C=O) groups excluding carboxylic acids is 2. The fourth-order valence-corrected chi connectivity index (χ4v) is 1.60. The van der Waals surface area contributed by atoms with Crippen molar-refractivity contribution >= 4 is 32.5 Å². The van der Waals surface area contributed by atoms with Crippen LogP contribution < -0.4 is 10.1 Å². The number of rotatable bonds is 5. The summed E-state index contributed by atoms with van der Waals surface area (Å²) in [6.45, 7) is 0. The quantitative estimate of drug-likeness (QED) is 0.413. The summed E-state index contributed by atoms with van der Waals surface area (Å²) in [6.07, 6.45) is 1.29. The van der Waals surface area contributed by atoms with Gasteiger partial charge < -0.3 is 24.8 Å². The van der Waals surface area contributed by atoms with E-state index in [1.54, 1.807) is 12.1 Å². The van der Waals surface area contributed by atoms with Crippen LogP contribution >= 0.6 is 0 Å². The number of aldehydes is 2. The molecular weight excluding hydrogens is 302 g/mol. The molecule has 118 valence electrons. The van der Waals surface area contributed by atoms with Gasteiger partial charge >= 0.3 is 14.4 Å². The standard InChI is InChI=1S/C7H7BO4.C7H7BO3/c9-5-6-1-3-7(4-2-6)12-8(10)11;9-5-6-3-1-2-4-7(6)8(10)11/h1-5,10-11H;1-5,10-11H. The van der Waals surface area contributed by atoms with Crippen molar-refractivity contribution in [3.63, 3.8) is 0 Å². The zero-order valence-electron chi connectivity index (χ0n) is 11.9. The van der Waals surface area contributed by atoms with Crippen LogP contribution in [0.3, 0.4) is 0 Å². The molecule has 0 saturated carbocycles. The van der Waals surface area contributed by atoms with Crippen molar-refractivity contribution < 1.29 is 34.3 Å². The van der Waals surface area contributed by atoms with Crippen LogP contribution in [0, 0.1) is 0 Å². The van der Waals surface area contributed by atoms with E-state index in [0.717, 1.165) is 0 Å². The van der Waals surface area contributed by atoms with E-state index in [-0.39, 0.29) is 5.46 Å². The minimum atomic E-state index is -1.83. The van der Waals surface area contributed by atoms with Crippen molar-refractivity contribution in [2.24, 2.45) is 0 Å². The van der Waals surface area contributed by atoms with E-state index in [0.29, 0.717) is 29.4 Å². The van der Waals surface area contributed by atoms with Gasteiger partial charge in [-0.2, -0.15) is 0 Å². The first kappa shape index (κ1) is 18.6. The summed E-state index contributed by atoms with van der Waals surface area (Å²) < 4.78 is 4.51. The summed E-state index contributed by atoms with van der Waals surface area (Å²) in [7, 11) is -3.40. The Labute approximate surface area is 133 Å². The number of hydrogen-bond donors (Lipinski definition) is 4. The highest BCUT2D eigenvalue weighted by Gasteiger charge is 2.13. The average Bonchev–Trinajstić information content (AvgIpc) is 2.55. The van der Waals surface area contributed by atoms with E-state index in [4.69, 9.17) is 20.1 Å². The molecule has 0 aliphatic heterocycles. The first-order chi connectivity index (χ1) is 11.0. The maximum Gasteiger partial charge on any atom is 0.707 e. The SMILES string of the molecule is O=Cc1ccc(OB(O)O)cc1.O=Cc1ccccc1B(O)O. The molecule has 23 heavy (non-hydrogen) atoms. The van der Waals surface area contributed by atoms with E-state index in [2.05, 4.69) is 4.65 Å². The lowest BCUT2D eigenvalue weighted by Gasteiger charge is -2.02. The lowest BCUT2D eigenvalue weighted by atomic mass is 9.77. The van der Waals surface area contributed by atoms with Gasteiger partial charge in [-0.25, -0.2) is 0 Å². The summed E-state index contributed by atoms with van der Waals surface area (Å²) in [5.74, 6) is 0.301. The normalized spacial score (nSPS) is 9.22. The summed E-state index contributed by atoms with van der Waals surface area (Å²) in [4.78, 5) is 20.5. The predicted molar refractivity (Wildman–Crippen MR) is 84.3 cm³/mol. The molecule has 9 heteroatoms. The molecule has 0 saturated heterocycles. The highest BCUT2D eigenvalue weighted by atomic mass is 16.6. The van der Waals surface area contributed by atoms with Gasteiger partial charge in [0.25, 0.3) is 0 Å². The molecule has 0 aliphatic rings. The number of carbonyl (C=O) groups is 2. The molecule has 2 aromatic rings. The van der Waals surface area contributed by atoms with Gasteiger partial charge in [-0.15, -0.1) is 0 Å². The molecule has 0 amide bonds. The number of hydrogen-bond acceptors (Lipinski definition) is 7. The summed E-state index contributed by atoms with van der Waals surface area (Å²) in [5.41, 5.74) is 1.06. The molecule has 0 fully saturated rings. The fourth-order valence-electron chi connectivity index (χ4n) is 1.60. The van der Waals surface area contributed by atoms with Gasteiger partial charge in [-0.1, -0.05) is 24.3 Å². The Morgan fingerprint density at radius 1 is 0.826 bits per heavy atom. The molecule has 2 aromatic carbocycles. The second kappa shape index (κ2) is 9.54. The maximum absolute atomic E-state index is 10.3. The molecular formula is C14H14B2O7. The molecule has 0 aliphatic carbocycles. The molecule has 0 bridgehead atoms. The van der Waals surface area contributed by atoms with Crippen LogP contribution in [0.4, 0.5) is 0 Å². The summed E-state index contributed by atoms with van der Waals surface area (Å²) >= 11 is 0. The zero-order chi connectivity index (χ0) is 17.2.